The molecule has 0 spiro atoms. The SMILES string of the molecule is COc1cc(NSc2sc(N)nc2C)nc(SCc2cccc(F)c2F)n1. The molecule has 0 saturated heterocycles. The molecule has 0 bridgehead atoms. The molecular formula is C16H15F2N5OS3. The molecule has 6 nitrogen and oxygen atoms in total. The van der Waals surface area contributed by atoms with Crippen molar-refractivity contribution in [1.29, 1.82) is 0 Å². The molecule has 0 amide bonds. The standard InChI is InChI=1S/C16H15F2N5OS3/c1-8-14(26-15(19)20-8)27-23-11-6-12(24-2)22-16(21-11)25-7-9-4-3-5-10(17)13(9)18/h3-6H,7H2,1-2H3,(H2,19,20)(H,21,22,23). The van der Waals surface area contributed by atoms with E-state index in [9.17, 15) is 8.78 Å². The fourth-order valence-electron chi connectivity index (χ4n) is 2.02. The number of aromatic nitrogens is 3. The van der Waals surface area contributed by atoms with Crippen LogP contribution < -0.4 is 15.2 Å². The van der Waals surface area contributed by atoms with Crippen molar-refractivity contribution in [1.82, 2.24) is 15.0 Å². The zero-order valence-electron chi connectivity index (χ0n) is 14.3. The van der Waals surface area contributed by atoms with Crippen LogP contribution in [0, 0.1) is 18.6 Å². The average molecular weight is 428 g/mol. The Hall–Kier alpha value is -2.11. The summed E-state index contributed by atoms with van der Waals surface area (Å²) >= 11 is 3.88. The number of thioether (sulfide) groups is 1. The highest BCUT2D eigenvalue weighted by molar-refractivity contribution is 8.02. The van der Waals surface area contributed by atoms with Gasteiger partial charge in [-0.25, -0.2) is 18.7 Å². The van der Waals surface area contributed by atoms with Crippen molar-refractivity contribution < 1.29 is 13.5 Å². The lowest BCUT2D eigenvalue weighted by Gasteiger charge is -2.08. The lowest BCUT2D eigenvalue weighted by atomic mass is 10.2. The van der Waals surface area contributed by atoms with Gasteiger partial charge in [-0.15, -0.1) is 0 Å². The number of nitrogen functional groups attached to an aromatic ring is 1. The summed E-state index contributed by atoms with van der Waals surface area (Å²) < 4.78 is 36.3. The van der Waals surface area contributed by atoms with Crippen molar-refractivity contribution in [2.24, 2.45) is 0 Å². The van der Waals surface area contributed by atoms with Gasteiger partial charge in [-0.3, -0.25) is 0 Å². The quantitative estimate of drug-likeness (QED) is 0.323. The van der Waals surface area contributed by atoms with Crippen molar-refractivity contribution in [3.05, 3.63) is 47.2 Å². The van der Waals surface area contributed by atoms with Gasteiger partial charge in [-0.05, 0) is 24.9 Å². The number of nitrogens with one attached hydrogen (secondary N) is 1. The van der Waals surface area contributed by atoms with Gasteiger partial charge in [-0.1, -0.05) is 35.2 Å². The summed E-state index contributed by atoms with van der Waals surface area (Å²) in [6.45, 7) is 1.87. The van der Waals surface area contributed by atoms with Gasteiger partial charge >= 0.3 is 0 Å². The van der Waals surface area contributed by atoms with E-state index in [2.05, 4.69) is 19.7 Å². The second-order valence-electron chi connectivity index (χ2n) is 5.21. The molecule has 0 radical (unpaired) electrons. The van der Waals surface area contributed by atoms with Gasteiger partial charge in [0.05, 0.1) is 12.8 Å². The Balaban J connectivity index is 1.73. The highest BCUT2D eigenvalue weighted by Crippen LogP contribution is 2.32. The van der Waals surface area contributed by atoms with E-state index < -0.39 is 11.6 Å². The molecule has 142 valence electrons. The molecule has 27 heavy (non-hydrogen) atoms. The summed E-state index contributed by atoms with van der Waals surface area (Å²) in [6, 6.07) is 5.71. The van der Waals surface area contributed by atoms with Crippen LogP contribution in [0.1, 0.15) is 11.3 Å². The predicted molar refractivity (Wildman–Crippen MR) is 105 cm³/mol. The number of hydrogen-bond acceptors (Lipinski definition) is 9. The smallest absolute Gasteiger partial charge is 0.219 e. The molecule has 1 aromatic carbocycles. The van der Waals surface area contributed by atoms with Gasteiger partial charge in [0.1, 0.15) is 10.0 Å². The predicted octanol–water partition coefficient (Wildman–Crippen LogP) is 4.52. The molecule has 0 fully saturated rings. The second kappa shape index (κ2) is 8.72. The molecule has 2 aromatic heterocycles. The summed E-state index contributed by atoms with van der Waals surface area (Å²) in [6.07, 6.45) is 0. The largest absolute Gasteiger partial charge is 0.481 e. The first kappa shape index (κ1) is 19.6. The minimum Gasteiger partial charge on any atom is -0.481 e. The molecule has 0 aliphatic rings. The number of benzene rings is 1. The summed E-state index contributed by atoms with van der Waals surface area (Å²) in [5.74, 6) is -0.678. The molecule has 0 aliphatic carbocycles. The van der Waals surface area contributed by atoms with Crippen LogP contribution in [0.3, 0.4) is 0 Å². The Morgan fingerprint density at radius 1 is 1.26 bits per heavy atom. The molecule has 3 aromatic rings. The maximum atomic E-state index is 13.8. The van der Waals surface area contributed by atoms with Crippen LogP contribution in [0.15, 0.2) is 33.6 Å². The summed E-state index contributed by atoms with van der Waals surface area (Å²) in [4.78, 5) is 12.8. The van der Waals surface area contributed by atoms with Crippen LogP contribution in [0.25, 0.3) is 0 Å². The lowest BCUT2D eigenvalue weighted by Crippen LogP contribution is -1.98. The number of anilines is 2. The third-order valence-electron chi connectivity index (χ3n) is 3.30. The first-order chi connectivity index (χ1) is 13.0. The lowest BCUT2D eigenvalue weighted by molar-refractivity contribution is 0.393. The zero-order chi connectivity index (χ0) is 19.4. The van der Waals surface area contributed by atoms with Gasteiger partial charge in [0.25, 0.3) is 0 Å². The number of rotatable bonds is 7. The number of methoxy groups -OCH3 is 1. The van der Waals surface area contributed by atoms with Crippen LogP contribution >= 0.6 is 35.0 Å². The van der Waals surface area contributed by atoms with E-state index in [1.54, 1.807) is 6.07 Å². The van der Waals surface area contributed by atoms with Crippen LogP contribution in [0.4, 0.5) is 19.7 Å². The van der Waals surface area contributed by atoms with Crippen molar-refractivity contribution in [2.45, 2.75) is 22.0 Å². The normalized spacial score (nSPS) is 10.8. The monoisotopic (exact) mass is 427 g/mol. The molecular weight excluding hydrogens is 412 g/mol. The van der Waals surface area contributed by atoms with Crippen molar-refractivity contribution in [2.75, 3.05) is 17.6 Å². The number of hydrogen-bond donors (Lipinski definition) is 2. The van der Waals surface area contributed by atoms with E-state index in [1.807, 2.05) is 6.92 Å². The van der Waals surface area contributed by atoms with E-state index in [-0.39, 0.29) is 11.3 Å². The Labute approximate surface area is 167 Å². The van der Waals surface area contributed by atoms with Crippen LogP contribution in [-0.4, -0.2) is 22.1 Å². The Kier molecular flexibility index (Phi) is 6.34. The molecule has 2 heterocycles. The van der Waals surface area contributed by atoms with Gasteiger partial charge < -0.3 is 15.2 Å². The first-order valence-electron chi connectivity index (χ1n) is 7.60. The Morgan fingerprint density at radius 3 is 2.78 bits per heavy atom. The van der Waals surface area contributed by atoms with E-state index in [0.717, 1.165) is 16.0 Å². The van der Waals surface area contributed by atoms with Gasteiger partial charge in [0.15, 0.2) is 21.9 Å². The Morgan fingerprint density at radius 2 is 2.07 bits per heavy atom. The summed E-state index contributed by atoms with van der Waals surface area (Å²) in [5, 5.41) is 0.868. The van der Waals surface area contributed by atoms with Gasteiger partial charge in [0.2, 0.25) is 5.88 Å². The van der Waals surface area contributed by atoms with E-state index in [0.29, 0.717) is 22.0 Å². The van der Waals surface area contributed by atoms with Crippen molar-refractivity contribution in [3.63, 3.8) is 0 Å². The molecule has 0 saturated carbocycles. The maximum Gasteiger partial charge on any atom is 0.219 e. The third-order valence-corrected chi connectivity index (χ3v) is 6.27. The van der Waals surface area contributed by atoms with Crippen molar-refractivity contribution >= 4 is 46.0 Å². The van der Waals surface area contributed by atoms with E-state index >= 15 is 0 Å². The topological polar surface area (TPSA) is 86.0 Å². The molecule has 3 N–H and O–H groups in total. The van der Waals surface area contributed by atoms with Gasteiger partial charge in [0, 0.05) is 17.4 Å². The highest BCUT2D eigenvalue weighted by atomic mass is 32.2. The second-order valence-corrected chi connectivity index (χ2v) is 8.26. The molecule has 0 atom stereocenters. The molecule has 11 heteroatoms. The van der Waals surface area contributed by atoms with Crippen molar-refractivity contribution in [3.8, 4) is 5.88 Å². The van der Waals surface area contributed by atoms with Gasteiger partial charge in [-0.2, -0.15) is 4.98 Å². The third kappa shape index (κ3) is 4.99. The summed E-state index contributed by atoms with van der Waals surface area (Å²) in [7, 11) is 1.49. The minimum atomic E-state index is -0.877. The fraction of sp³-hybridized carbons (Fsp3) is 0.188. The summed E-state index contributed by atoms with van der Waals surface area (Å²) in [5.41, 5.74) is 6.76. The van der Waals surface area contributed by atoms with E-state index in [4.69, 9.17) is 10.5 Å². The minimum absolute atomic E-state index is 0.188. The number of thiazole rings is 1. The maximum absolute atomic E-state index is 13.8. The fourth-order valence-corrected chi connectivity index (χ4v) is 4.46. The average Bonchev–Trinajstić information content (AvgIpc) is 2.98. The molecule has 0 aliphatic heterocycles. The molecule has 3 rings (SSSR count). The highest BCUT2D eigenvalue weighted by Gasteiger charge is 2.12. The number of nitrogens with two attached hydrogens (primary N) is 1. The number of nitrogens with zero attached hydrogens (tertiary/aromatic N) is 3. The number of ether oxygens (including phenoxy) is 1. The van der Waals surface area contributed by atoms with Crippen LogP contribution in [-0.2, 0) is 5.75 Å². The van der Waals surface area contributed by atoms with Crippen LogP contribution in [0.2, 0.25) is 0 Å². The Bertz CT molecular complexity index is 954. The number of halogens is 2. The molecule has 0 unspecified atom stereocenters. The number of aryl methyl sites for hydroxylation is 1. The van der Waals surface area contributed by atoms with E-state index in [1.165, 1.54) is 54.3 Å². The van der Waals surface area contributed by atoms with Crippen LogP contribution in [0.5, 0.6) is 5.88 Å². The zero-order valence-corrected chi connectivity index (χ0v) is 16.8. The first-order valence-corrected chi connectivity index (χ1v) is 10.2.